The topological polar surface area (TPSA) is 87.1 Å². The van der Waals surface area contributed by atoms with Gasteiger partial charge in [-0.05, 0) is 42.3 Å². The average molecular weight is 488 g/mol. The fourth-order valence-electron chi connectivity index (χ4n) is 2.88. The zero-order valence-electron chi connectivity index (χ0n) is 17.5. The molecule has 0 aliphatic heterocycles. The predicted octanol–water partition coefficient (Wildman–Crippen LogP) is 5.83. The Labute approximate surface area is 195 Å². The Balaban J connectivity index is 1.55. The maximum Gasteiger partial charge on any atom is 0.250 e. The summed E-state index contributed by atoms with van der Waals surface area (Å²) in [5.74, 6) is 1.20. The first-order valence-corrected chi connectivity index (χ1v) is 10.9. The third-order valence-corrected chi connectivity index (χ3v) is 5.07. The van der Waals surface area contributed by atoms with Crippen LogP contribution in [0.5, 0.6) is 0 Å². The summed E-state index contributed by atoms with van der Waals surface area (Å²) in [7, 11) is 0. The molecule has 3 aromatic carbocycles. The summed E-state index contributed by atoms with van der Waals surface area (Å²) in [4.78, 5) is 13.4. The second kappa shape index (κ2) is 10.5. The number of rotatable bonds is 8. The van der Waals surface area contributed by atoms with E-state index in [-0.39, 0.29) is 0 Å². The van der Waals surface area contributed by atoms with E-state index in [1.54, 1.807) is 0 Å². The van der Waals surface area contributed by atoms with Gasteiger partial charge in [0.1, 0.15) is 0 Å². The number of hydrazone groups is 1. The second-order valence-electron chi connectivity index (χ2n) is 6.95. The molecule has 0 radical (unpaired) electrons. The van der Waals surface area contributed by atoms with E-state index in [1.807, 2.05) is 91.9 Å². The zero-order valence-corrected chi connectivity index (χ0v) is 19.0. The van der Waals surface area contributed by atoms with Gasteiger partial charge in [0.25, 0.3) is 0 Å². The lowest BCUT2D eigenvalue weighted by atomic mass is 10.1. The summed E-state index contributed by atoms with van der Waals surface area (Å²) in [5, 5.41) is 10.9. The summed E-state index contributed by atoms with van der Waals surface area (Å²) in [5.41, 5.74) is 6.78. The minimum absolute atomic E-state index is 0.338. The number of hydrogen-bond acceptors (Lipinski definition) is 7. The van der Waals surface area contributed by atoms with Gasteiger partial charge in [0.15, 0.2) is 0 Å². The van der Waals surface area contributed by atoms with Crippen LogP contribution in [0.25, 0.3) is 0 Å². The third-order valence-electron chi connectivity index (χ3n) is 4.54. The molecular weight excluding hydrogens is 466 g/mol. The molecule has 160 valence electrons. The Morgan fingerprint density at radius 3 is 2.12 bits per heavy atom. The Kier molecular flexibility index (Phi) is 7.04. The lowest BCUT2D eigenvalue weighted by Crippen LogP contribution is -2.10. The van der Waals surface area contributed by atoms with Crippen LogP contribution in [-0.4, -0.2) is 20.7 Å². The summed E-state index contributed by atoms with van der Waals surface area (Å²) >= 11 is 3.45. The molecule has 0 spiro atoms. The highest BCUT2D eigenvalue weighted by Gasteiger charge is 2.08. The molecule has 32 heavy (non-hydrogen) atoms. The molecule has 0 saturated carbocycles. The smallest absolute Gasteiger partial charge is 0.250 e. The molecule has 4 aromatic rings. The molecule has 0 fully saturated rings. The molecule has 0 amide bonds. The average Bonchev–Trinajstić information content (AvgIpc) is 2.83. The first-order valence-electron chi connectivity index (χ1n) is 10.1. The van der Waals surface area contributed by atoms with Crippen LogP contribution >= 0.6 is 15.9 Å². The fraction of sp³-hybridized carbons (Fsp3) is 0.0833. The van der Waals surface area contributed by atoms with Crippen molar-refractivity contribution in [3.63, 3.8) is 0 Å². The van der Waals surface area contributed by atoms with E-state index >= 15 is 0 Å². The van der Waals surface area contributed by atoms with Crippen LogP contribution in [0.1, 0.15) is 18.1 Å². The van der Waals surface area contributed by atoms with Crippen LogP contribution < -0.4 is 16.1 Å². The molecule has 0 unspecified atom stereocenters. The van der Waals surface area contributed by atoms with E-state index in [1.165, 1.54) is 0 Å². The minimum atomic E-state index is 0.338. The molecule has 0 aliphatic carbocycles. The molecule has 3 N–H and O–H groups in total. The number of nitrogens with one attached hydrogen (secondary N) is 3. The van der Waals surface area contributed by atoms with E-state index < -0.39 is 0 Å². The SMILES string of the molecule is C/C(=N/Nc1nc(NCc2ccccc2)nc(Nc2ccccc2)n1)c1ccc(Br)cc1. The molecule has 1 aromatic heterocycles. The van der Waals surface area contributed by atoms with Gasteiger partial charge in [-0.2, -0.15) is 20.1 Å². The standard InChI is InChI=1S/C24H22BrN7/c1-17(19-12-14-20(25)15-13-19)31-32-24-29-22(26-16-18-8-4-2-5-9-18)28-23(30-24)27-21-10-6-3-7-11-21/h2-15H,16H2,1H3,(H3,26,27,28,29,30,32)/b31-17-. The molecule has 0 saturated heterocycles. The van der Waals surface area contributed by atoms with Gasteiger partial charge >= 0.3 is 0 Å². The van der Waals surface area contributed by atoms with Gasteiger partial charge in [-0.25, -0.2) is 5.43 Å². The van der Waals surface area contributed by atoms with Crippen LogP contribution in [0.4, 0.5) is 23.5 Å². The van der Waals surface area contributed by atoms with E-state index in [9.17, 15) is 0 Å². The van der Waals surface area contributed by atoms with E-state index in [0.29, 0.717) is 24.4 Å². The van der Waals surface area contributed by atoms with Gasteiger partial charge < -0.3 is 10.6 Å². The van der Waals surface area contributed by atoms with Gasteiger partial charge in [-0.3, -0.25) is 0 Å². The van der Waals surface area contributed by atoms with Crippen molar-refractivity contribution >= 4 is 45.2 Å². The molecule has 1 heterocycles. The lowest BCUT2D eigenvalue weighted by molar-refractivity contribution is 0.998. The van der Waals surface area contributed by atoms with Gasteiger partial charge in [0.05, 0.1) is 5.71 Å². The highest BCUT2D eigenvalue weighted by Crippen LogP contribution is 2.17. The number of hydrogen-bond donors (Lipinski definition) is 3. The molecule has 4 rings (SSSR count). The molecule has 0 atom stereocenters. The van der Waals surface area contributed by atoms with Crippen molar-refractivity contribution in [2.45, 2.75) is 13.5 Å². The monoisotopic (exact) mass is 487 g/mol. The maximum absolute atomic E-state index is 4.50. The van der Waals surface area contributed by atoms with Crippen LogP contribution in [0.3, 0.4) is 0 Å². The Bertz CT molecular complexity index is 1180. The number of anilines is 4. The van der Waals surface area contributed by atoms with Crippen LogP contribution in [0.2, 0.25) is 0 Å². The molecule has 7 nitrogen and oxygen atoms in total. The van der Waals surface area contributed by atoms with Crippen molar-refractivity contribution < 1.29 is 0 Å². The van der Waals surface area contributed by atoms with Crippen LogP contribution in [-0.2, 0) is 6.54 Å². The van der Waals surface area contributed by atoms with Crippen molar-refractivity contribution in [3.05, 3.63) is 101 Å². The van der Waals surface area contributed by atoms with Gasteiger partial charge in [0.2, 0.25) is 17.8 Å². The number of halogens is 1. The Hall–Kier alpha value is -3.78. The number of aromatic nitrogens is 3. The number of nitrogens with zero attached hydrogens (tertiary/aromatic N) is 4. The lowest BCUT2D eigenvalue weighted by Gasteiger charge is -2.10. The molecule has 8 heteroatoms. The molecule has 0 aliphatic rings. The van der Waals surface area contributed by atoms with Crippen molar-refractivity contribution in [1.29, 1.82) is 0 Å². The number of para-hydroxylation sites is 1. The Morgan fingerprint density at radius 1 is 0.781 bits per heavy atom. The highest BCUT2D eigenvalue weighted by molar-refractivity contribution is 9.10. The Morgan fingerprint density at radius 2 is 1.41 bits per heavy atom. The second-order valence-corrected chi connectivity index (χ2v) is 7.87. The van der Waals surface area contributed by atoms with E-state index in [2.05, 4.69) is 52.0 Å². The van der Waals surface area contributed by atoms with Gasteiger partial charge in [-0.15, -0.1) is 0 Å². The first-order chi connectivity index (χ1) is 15.7. The predicted molar refractivity (Wildman–Crippen MR) is 133 cm³/mol. The highest BCUT2D eigenvalue weighted by atomic mass is 79.9. The van der Waals surface area contributed by atoms with E-state index in [4.69, 9.17) is 0 Å². The molecular formula is C24H22BrN7. The normalized spacial score (nSPS) is 11.1. The summed E-state index contributed by atoms with van der Waals surface area (Å²) in [6, 6.07) is 27.8. The summed E-state index contributed by atoms with van der Waals surface area (Å²) in [6.07, 6.45) is 0. The fourth-order valence-corrected chi connectivity index (χ4v) is 3.14. The zero-order chi connectivity index (χ0) is 22.2. The van der Waals surface area contributed by atoms with Gasteiger partial charge in [-0.1, -0.05) is 76.6 Å². The molecule has 0 bridgehead atoms. The van der Waals surface area contributed by atoms with Crippen molar-refractivity contribution in [3.8, 4) is 0 Å². The van der Waals surface area contributed by atoms with Gasteiger partial charge in [0, 0.05) is 16.7 Å². The van der Waals surface area contributed by atoms with Crippen LogP contribution in [0.15, 0.2) is 94.5 Å². The van der Waals surface area contributed by atoms with E-state index in [0.717, 1.165) is 27.0 Å². The minimum Gasteiger partial charge on any atom is -0.350 e. The third kappa shape index (κ3) is 6.12. The quantitative estimate of drug-likeness (QED) is 0.214. The first kappa shape index (κ1) is 21.5. The maximum atomic E-state index is 4.50. The largest absolute Gasteiger partial charge is 0.350 e. The van der Waals surface area contributed by atoms with Crippen LogP contribution in [0, 0.1) is 0 Å². The van der Waals surface area contributed by atoms with Crippen molar-refractivity contribution in [1.82, 2.24) is 15.0 Å². The summed E-state index contributed by atoms with van der Waals surface area (Å²) in [6.45, 7) is 2.52. The number of benzene rings is 3. The van der Waals surface area contributed by atoms with Crippen molar-refractivity contribution in [2.24, 2.45) is 5.10 Å². The van der Waals surface area contributed by atoms with Crippen molar-refractivity contribution in [2.75, 3.05) is 16.1 Å². The summed E-state index contributed by atoms with van der Waals surface area (Å²) < 4.78 is 1.02.